The van der Waals surface area contributed by atoms with E-state index in [1.54, 1.807) is 12.1 Å². The van der Waals surface area contributed by atoms with Gasteiger partial charge in [0.2, 0.25) is 0 Å². The Morgan fingerprint density at radius 2 is 1.89 bits per heavy atom. The molecule has 0 bridgehead atoms. The second-order valence-corrected chi connectivity index (χ2v) is 5.09. The van der Waals surface area contributed by atoms with Gasteiger partial charge in [-0.1, -0.05) is 35.9 Å². The lowest BCUT2D eigenvalue weighted by molar-refractivity contribution is 0.107. The molecule has 0 aliphatic heterocycles. The van der Waals surface area contributed by atoms with Gasteiger partial charge in [0.1, 0.15) is 5.82 Å². The molecule has 18 heavy (non-hydrogen) atoms. The molecule has 0 aliphatic rings. The highest BCUT2D eigenvalue weighted by atomic mass is 79.9. The molecule has 0 spiro atoms. The molecule has 0 amide bonds. The van der Waals surface area contributed by atoms with Crippen LogP contribution in [-0.2, 0) is 18.0 Å². The molecule has 0 fully saturated rings. The van der Waals surface area contributed by atoms with E-state index < -0.39 is 0 Å². The van der Waals surface area contributed by atoms with E-state index in [0.717, 1.165) is 11.1 Å². The van der Waals surface area contributed by atoms with Gasteiger partial charge in [-0.25, -0.2) is 4.39 Å². The maximum absolute atomic E-state index is 13.0. The van der Waals surface area contributed by atoms with Gasteiger partial charge >= 0.3 is 0 Å². The summed E-state index contributed by atoms with van der Waals surface area (Å²) >= 11 is 9.16. The number of hydrogen-bond donors (Lipinski definition) is 0. The fourth-order valence-electron chi connectivity index (χ4n) is 1.52. The number of halogens is 3. The maximum atomic E-state index is 13.0. The van der Waals surface area contributed by atoms with Gasteiger partial charge in [-0.2, -0.15) is 0 Å². The van der Waals surface area contributed by atoms with Crippen LogP contribution in [-0.4, -0.2) is 0 Å². The molecular weight excluding hydrogens is 319 g/mol. The van der Waals surface area contributed by atoms with Crippen LogP contribution in [0.5, 0.6) is 0 Å². The summed E-state index contributed by atoms with van der Waals surface area (Å²) in [7, 11) is 0. The van der Waals surface area contributed by atoms with Crippen LogP contribution < -0.4 is 0 Å². The van der Waals surface area contributed by atoms with Crippen LogP contribution in [0.2, 0.25) is 5.02 Å². The molecule has 0 N–H and O–H groups in total. The average molecular weight is 330 g/mol. The molecule has 0 heterocycles. The molecule has 4 heteroatoms. The largest absolute Gasteiger partial charge is 0.372 e. The predicted molar refractivity (Wildman–Crippen MR) is 74.0 cm³/mol. The molecule has 0 saturated carbocycles. The lowest BCUT2D eigenvalue weighted by atomic mass is 10.2. The summed E-state index contributed by atoms with van der Waals surface area (Å²) in [6, 6.07) is 12.4. The Labute approximate surface area is 119 Å². The van der Waals surface area contributed by atoms with Crippen LogP contribution >= 0.6 is 27.5 Å². The first kappa shape index (κ1) is 13.5. The second kappa shape index (κ2) is 6.32. The monoisotopic (exact) mass is 328 g/mol. The van der Waals surface area contributed by atoms with Gasteiger partial charge in [0.25, 0.3) is 0 Å². The number of ether oxygens (including phenoxy) is 1. The number of benzene rings is 2. The Morgan fingerprint density at radius 3 is 2.61 bits per heavy atom. The van der Waals surface area contributed by atoms with Crippen LogP contribution in [0.25, 0.3) is 0 Å². The highest BCUT2D eigenvalue weighted by Gasteiger charge is 2.02. The molecule has 2 aromatic rings. The fourth-order valence-corrected chi connectivity index (χ4v) is 2.14. The van der Waals surface area contributed by atoms with Crippen molar-refractivity contribution in [2.45, 2.75) is 13.2 Å². The van der Waals surface area contributed by atoms with Crippen molar-refractivity contribution < 1.29 is 9.13 Å². The van der Waals surface area contributed by atoms with Gasteiger partial charge in [0.15, 0.2) is 0 Å². The van der Waals surface area contributed by atoms with Crippen LogP contribution in [0.3, 0.4) is 0 Å². The Balaban J connectivity index is 1.92. The van der Waals surface area contributed by atoms with Gasteiger partial charge in [0, 0.05) is 5.02 Å². The van der Waals surface area contributed by atoms with E-state index in [0.29, 0.717) is 22.7 Å². The molecule has 0 atom stereocenters. The van der Waals surface area contributed by atoms with Gasteiger partial charge in [0.05, 0.1) is 17.7 Å². The van der Waals surface area contributed by atoms with E-state index in [1.165, 1.54) is 6.07 Å². The lowest BCUT2D eigenvalue weighted by Gasteiger charge is -2.06. The van der Waals surface area contributed by atoms with E-state index in [2.05, 4.69) is 15.9 Å². The summed E-state index contributed by atoms with van der Waals surface area (Å²) in [6.45, 7) is 0.860. The minimum absolute atomic E-state index is 0.273. The van der Waals surface area contributed by atoms with Crippen molar-refractivity contribution >= 4 is 27.5 Å². The van der Waals surface area contributed by atoms with Crippen molar-refractivity contribution in [1.82, 2.24) is 0 Å². The molecule has 94 valence electrons. The molecule has 0 saturated heterocycles. The summed E-state index contributed by atoms with van der Waals surface area (Å²) in [5.41, 5.74) is 1.86. The third-order valence-electron chi connectivity index (χ3n) is 2.47. The van der Waals surface area contributed by atoms with E-state index >= 15 is 0 Å². The highest BCUT2D eigenvalue weighted by Crippen LogP contribution is 2.19. The van der Waals surface area contributed by atoms with Crippen molar-refractivity contribution in [1.29, 1.82) is 0 Å². The topological polar surface area (TPSA) is 9.23 Å². The zero-order valence-corrected chi connectivity index (χ0v) is 11.8. The summed E-state index contributed by atoms with van der Waals surface area (Å²) in [5.74, 6) is -0.273. The number of hydrogen-bond acceptors (Lipinski definition) is 1. The van der Waals surface area contributed by atoms with Crippen LogP contribution in [0.15, 0.2) is 46.9 Å². The molecule has 0 aromatic heterocycles. The summed E-state index contributed by atoms with van der Waals surface area (Å²) in [4.78, 5) is 0. The molecule has 2 rings (SSSR count). The van der Waals surface area contributed by atoms with Crippen LogP contribution in [0, 0.1) is 5.82 Å². The summed E-state index contributed by atoms with van der Waals surface area (Å²) in [6.07, 6.45) is 0. The van der Waals surface area contributed by atoms with Crippen LogP contribution in [0.1, 0.15) is 11.1 Å². The maximum Gasteiger partial charge on any atom is 0.137 e. The molecule has 0 radical (unpaired) electrons. The SMILES string of the molecule is Fc1ccc(COCc2ccccc2Cl)cc1Br. The molecular formula is C14H11BrClFO. The standard InChI is InChI=1S/C14H11BrClFO/c15-12-7-10(5-6-14(12)17)8-18-9-11-3-1-2-4-13(11)16/h1-7H,8-9H2. The highest BCUT2D eigenvalue weighted by molar-refractivity contribution is 9.10. The average Bonchev–Trinajstić information content (AvgIpc) is 2.36. The fraction of sp³-hybridized carbons (Fsp3) is 0.143. The van der Waals surface area contributed by atoms with E-state index in [9.17, 15) is 4.39 Å². The van der Waals surface area contributed by atoms with Crippen molar-refractivity contribution in [3.05, 3.63) is 68.9 Å². The zero-order chi connectivity index (χ0) is 13.0. The zero-order valence-electron chi connectivity index (χ0n) is 9.50. The molecule has 2 aromatic carbocycles. The first-order valence-corrected chi connectivity index (χ1v) is 6.59. The van der Waals surface area contributed by atoms with E-state index in [4.69, 9.17) is 16.3 Å². The van der Waals surface area contributed by atoms with E-state index in [1.807, 2.05) is 24.3 Å². The van der Waals surface area contributed by atoms with E-state index in [-0.39, 0.29) is 5.82 Å². The second-order valence-electron chi connectivity index (χ2n) is 3.83. The van der Waals surface area contributed by atoms with Crippen molar-refractivity contribution in [3.63, 3.8) is 0 Å². The third-order valence-corrected chi connectivity index (χ3v) is 3.44. The Kier molecular flexibility index (Phi) is 4.75. The minimum Gasteiger partial charge on any atom is -0.372 e. The third kappa shape index (κ3) is 3.55. The quantitative estimate of drug-likeness (QED) is 0.770. The Bertz CT molecular complexity index is 545. The van der Waals surface area contributed by atoms with Gasteiger partial charge in [-0.3, -0.25) is 0 Å². The number of rotatable bonds is 4. The Morgan fingerprint density at radius 1 is 1.11 bits per heavy atom. The summed E-state index contributed by atoms with van der Waals surface area (Å²) < 4.78 is 19.0. The van der Waals surface area contributed by atoms with Crippen molar-refractivity contribution in [2.75, 3.05) is 0 Å². The van der Waals surface area contributed by atoms with Crippen molar-refractivity contribution in [3.8, 4) is 0 Å². The van der Waals surface area contributed by atoms with Crippen LogP contribution in [0.4, 0.5) is 4.39 Å². The predicted octanol–water partition coefficient (Wildman–Crippen LogP) is 4.96. The first-order chi connectivity index (χ1) is 8.66. The minimum atomic E-state index is -0.273. The van der Waals surface area contributed by atoms with Gasteiger partial charge in [-0.15, -0.1) is 0 Å². The Hall–Kier alpha value is -0.900. The molecule has 0 aliphatic carbocycles. The molecule has 1 nitrogen and oxygen atoms in total. The smallest absolute Gasteiger partial charge is 0.137 e. The molecule has 0 unspecified atom stereocenters. The lowest BCUT2D eigenvalue weighted by Crippen LogP contribution is -1.95. The first-order valence-electron chi connectivity index (χ1n) is 5.42. The normalized spacial score (nSPS) is 10.6. The summed E-state index contributed by atoms with van der Waals surface area (Å²) in [5, 5.41) is 0.692. The van der Waals surface area contributed by atoms with Gasteiger partial charge < -0.3 is 4.74 Å². The van der Waals surface area contributed by atoms with Crippen molar-refractivity contribution in [2.24, 2.45) is 0 Å². The van der Waals surface area contributed by atoms with Gasteiger partial charge in [-0.05, 0) is 45.3 Å².